The van der Waals surface area contributed by atoms with E-state index in [4.69, 9.17) is 0 Å². The van der Waals surface area contributed by atoms with E-state index in [2.05, 4.69) is 4.98 Å². The molecule has 0 N–H and O–H groups in total. The van der Waals surface area contributed by atoms with Crippen molar-refractivity contribution in [3.63, 3.8) is 0 Å². The molecular weight excluding hydrogens is 246 g/mol. The quantitative estimate of drug-likeness (QED) is 0.668. The third-order valence-electron chi connectivity index (χ3n) is 3.54. The number of nitrogens with zero attached hydrogens (tertiary/aromatic N) is 1. The fraction of sp³-hybridized carbons (Fsp3) is 0.111. The van der Waals surface area contributed by atoms with Gasteiger partial charge in [0.15, 0.2) is 5.78 Å². The second-order valence-corrected chi connectivity index (χ2v) is 4.90. The highest BCUT2D eigenvalue weighted by molar-refractivity contribution is 6.00. The smallest absolute Gasteiger partial charge is 0.167 e. The van der Waals surface area contributed by atoms with Gasteiger partial charge >= 0.3 is 0 Å². The van der Waals surface area contributed by atoms with E-state index in [9.17, 15) is 4.79 Å². The van der Waals surface area contributed by atoms with E-state index in [1.54, 1.807) is 0 Å². The zero-order valence-electron chi connectivity index (χ0n) is 11.3. The van der Waals surface area contributed by atoms with Crippen LogP contribution >= 0.6 is 0 Å². The lowest BCUT2D eigenvalue weighted by Crippen LogP contribution is -2.05. The summed E-state index contributed by atoms with van der Waals surface area (Å²) >= 11 is 0. The van der Waals surface area contributed by atoms with E-state index in [1.165, 1.54) is 0 Å². The summed E-state index contributed by atoms with van der Waals surface area (Å²) in [5.41, 5.74) is 3.83. The van der Waals surface area contributed by atoms with Gasteiger partial charge in [-0.15, -0.1) is 0 Å². The summed E-state index contributed by atoms with van der Waals surface area (Å²) in [4.78, 5) is 16.8. The Morgan fingerprint density at radius 1 is 1.00 bits per heavy atom. The number of benzene rings is 2. The van der Waals surface area contributed by atoms with Crippen molar-refractivity contribution in [1.82, 2.24) is 4.98 Å². The van der Waals surface area contributed by atoms with Gasteiger partial charge in [0.05, 0.1) is 5.52 Å². The van der Waals surface area contributed by atoms with Gasteiger partial charge in [0.2, 0.25) is 0 Å². The summed E-state index contributed by atoms with van der Waals surface area (Å²) in [6.07, 6.45) is 2.26. The predicted octanol–water partition coefficient (Wildman–Crippen LogP) is 3.97. The zero-order valence-corrected chi connectivity index (χ0v) is 11.3. The molecule has 2 heteroatoms. The number of carbonyl (C=O) groups excluding carboxylic acids is 1. The van der Waals surface area contributed by atoms with Crippen LogP contribution in [-0.2, 0) is 6.42 Å². The van der Waals surface area contributed by atoms with Crippen LogP contribution in [0, 0.1) is 6.92 Å². The number of fused-ring (bicyclic) bond motifs is 1. The van der Waals surface area contributed by atoms with Crippen molar-refractivity contribution >= 4 is 16.7 Å². The average molecular weight is 261 g/mol. The first kappa shape index (κ1) is 12.5. The van der Waals surface area contributed by atoms with Crippen molar-refractivity contribution in [1.29, 1.82) is 0 Å². The van der Waals surface area contributed by atoms with Crippen LogP contribution in [0.2, 0.25) is 0 Å². The lowest BCUT2D eigenvalue weighted by molar-refractivity contribution is 0.0993. The molecule has 2 nitrogen and oxygen atoms in total. The maximum atomic E-state index is 12.4. The lowest BCUT2D eigenvalue weighted by Gasteiger charge is -2.09. The summed E-state index contributed by atoms with van der Waals surface area (Å²) < 4.78 is 0. The Kier molecular flexibility index (Phi) is 3.30. The summed E-state index contributed by atoms with van der Waals surface area (Å²) in [6, 6.07) is 17.4. The first-order valence-corrected chi connectivity index (χ1v) is 6.67. The van der Waals surface area contributed by atoms with Crippen molar-refractivity contribution in [3.05, 3.63) is 77.5 Å². The number of carbonyl (C=O) groups is 1. The van der Waals surface area contributed by atoms with E-state index in [0.29, 0.717) is 6.42 Å². The standard InChI is InChI=1S/C18H15NO/c1-13-12-19-17-10-6-5-9-15(17)16(13)11-18(20)14-7-3-2-4-8-14/h2-10,12H,11H2,1H3. The summed E-state index contributed by atoms with van der Waals surface area (Å²) in [6.45, 7) is 2.01. The van der Waals surface area contributed by atoms with E-state index in [1.807, 2.05) is 67.7 Å². The van der Waals surface area contributed by atoms with Gasteiger partial charge in [-0.2, -0.15) is 0 Å². The van der Waals surface area contributed by atoms with Gasteiger partial charge in [0, 0.05) is 23.6 Å². The molecule has 0 spiro atoms. The average Bonchev–Trinajstić information content (AvgIpc) is 2.51. The van der Waals surface area contributed by atoms with Crippen LogP contribution in [0.5, 0.6) is 0 Å². The van der Waals surface area contributed by atoms with Crippen LogP contribution in [0.4, 0.5) is 0 Å². The summed E-state index contributed by atoms with van der Waals surface area (Å²) in [5.74, 6) is 0.144. The number of aryl methyl sites for hydroxylation is 1. The minimum atomic E-state index is 0.144. The van der Waals surface area contributed by atoms with Crippen LogP contribution in [0.3, 0.4) is 0 Å². The molecular formula is C18H15NO. The van der Waals surface area contributed by atoms with Gasteiger partial charge in [-0.25, -0.2) is 0 Å². The second-order valence-electron chi connectivity index (χ2n) is 4.90. The van der Waals surface area contributed by atoms with Gasteiger partial charge in [-0.05, 0) is 24.1 Å². The number of Topliss-reactive ketones (excluding diaryl/α,β-unsaturated/α-hetero) is 1. The molecule has 0 aliphatic heterocycles. The minimum absolute atomic E-state index is 0.144. The first-order valence-electron chi connectivity index (χ1n) is 6.67. The summed E-state index contributed by atoms with van der Waals surface area (Å²) in [5, 5.41) is 1.07. The van der Waals surface area contributed by atoms with Crippen LogP contribution in [0.1, 0.15) is 21.5 Å². The van der Waals surface area contributed by atoms with Crippen LogP contribution in [-0.4, -0.2) is 10.8 Å². The van der Waals surface area contributed by atoms with E-state index in [-0.39, 0.29) is 5.78 Å². The molecule has 0 radical (unpaired) electrons. The van der Waals surface area contributed by atoms with Gasteiger partial charge in [-0.1, -0.05) is 48.5 Å². The van der Waals surface area contributed by atoms with Gasteiger partial charge in [0.1, 0.15) is 0 Å². The van der Waals surface area contributed by atoms with Crippen molar-refractivity contribution in [2.75, 3.05) is 0 Å². The van der Waals surface area contributed by atoms with Crippen molar-refractivity contribution < 1.29 is 4.79 Å². The number of hydrogen-bond donors (Lipinski definition) is 0. The molecule has 0 aliphatic rings. The van der Waals surface area contributed by atoms with E-state index in [0.717, 1.165) is 27.6 Å². The Morgan fingerprint density at radius 2 is 1.70 bits per heavy atom. The molecule has 2 aromatic carbocycles. The molecule has 3 aromatic rings. The van der Waals surface area contributed by atoms with E-state index >= 15 is 0 Å². The van der Waals surface area contributed by atoms with Crippen molar-refractivity contribution in [2.45, 2.75) is 13.3 Å². The fourth-order valence-corrected chi connectivity index (χ4v) is 2.42. The molecule has 98 valence electrons. The Bertz CT molecular complexity index is 763. The molecule has 0 bridgehead atoms. The van der Waals surface area contributed by atoms with E-state index < -0.39 is 0 Å². The Morgan fingerprint density at radius 3 is 2.50 bits per heavy atom. The third kappa shape index (κ3) is 2.32. The molecule has 0 amide bonds. The molecule has 0 fully saturated rings. The molecule has 0 aliphatic carbocycles. The van der Waals surface area contributed by atoms with Gasteiger partial charge in [-0.3, -0.25) is 9.78 Å². The fourth-order valence-electron chi connectivity index (χ4n) is 2.42. The molecule has 1 heterocycles. The zero-order chi connectivity index (χ0) is 13.9. The van der Waals surface area contributed by atoms with Crippen LogP contribution in [0.25, 0.3) is 10.9 Å². The van der Waals surface area contributed by atoms with Crippen molar-refractivity contribution in [3.8, 4) is 0 Å². The maximum Gasteiger partial charge on any atom is 0.167 e. The molecule has 3 rings (SSSR count). The number of hydrogen-bond acceptors (Lipinski definition) is 2. The molecule has 0 atom stereocenters. The molecule has 0 saturated heterocycles. The lowest BCUT2D eigenvalue weighted by atomic mass is 9.97. The number of para-hydroxylation sites is 1. The van der Waals surface area contributed by atoms with Crippen LogP contribution < -0.4 is 0 Å². The monoisotopic (exact) mass is 261 g/mol. The summed E-state index contributed by atoms with van der Waals surface area (Å²) in [7, 11) is 0. The molecule has 0 saturated carbocycles. The topological polar surface area (TPSA) is 30.0 Å². The largest absolute Gasteiger partial charge is 0.294 e. The van der Waals surface area contributed by atoms with Gasteiger partial charge in [0.25, 0.3) is 0 Å². The Hall–Kier alpha value is -2.48. The maximum absolute atomic E-state index is 12.4. The Labute approximate surface area is 118 Å². The van der Waals surface area contributed by atoms with Crippen molar-refractivity contribution in [2.24, 2.45) is 0 Å². The first-order chi connectivity index (χ1) is 9.75. The SMILES string of the molecule is Cc1cnc2ccccc2c1CC(=O)c1ccccc1. The Balaban J connectivity index is 2.03. The highest BCUT2D eigenvalue weighted by Crippen LogP contribution is 2.21. The van der Waals surface area contributed by atoms with Crippen LogP contribution in [0.15, 0.2) is 60.8 Å². The predicted molar refractivity (Wildman–Crippen MR) is 81.0 cm³/mol. The normalized spacial score (nSPS) is 10.7. The highest BCUT2D eigenvalue weighted by Gasteiger charge is 2.11. The molecule has 20 heavy (non-hydrogen) atoms. The molecule has 1 aromatic heterocycles. The number of aromatic nitrogens is 1. The minimum Gasteiger partial charge on any atom is -0.294 e. The second kappa shape index (κ2) is 5.25. The number of ketones is 1. The number of pyridine rings is 1. The third-order valence-corrected chi connectivity index (χ3v) is 3.54. The molecule has 0 unspecified atom stereocenters. The highest BCUT2D eigenvalue weighted by atomic mass is 16.1. The number of rotatable bonds is 3. The van der Waals surface area contributed by atoms with Gasteiger partial charge < -0.3 is 0 Å².